The SMILES string of the molecule is CC/C=C\C/C=C\C/C=C\C/C=C\C/C=C\CCCCCC(=O)O[C@H](COC(=O)CCCCCCCCC/C=C\CCCCCC)COC(=O)CCCCCCCCCCCCCCCCCCCCCCC. The first-order valence-corrected chi connectivity index (χ1v) is 31.4. The Hall–Kier alpha value is -3.15. The molecule has 0 spiro atoms. The Morgan fingerprint density at radius 3 is 0.877 bits per heavy atom. The van der Waals surface area contributed by atoms with E-state index in [1.54, 1.807) is 0 Å². The number of allylic oxidation sites excluding steroid dienone is 12. The largest absolute Gasteiger partial charge is 0.462 e. The molecule has 0 unspecified atom stereocenters. The van der Waals surface area contributed by atoms with Crippen molar-refractivity contribution in [3.05, 3.63) is 72.9 Å². The van der Waals surface area contributed by atoms with Crippen molar-refractivity contribution in [1.82, 2.24) is 0 Å². The summed E-state index contributed by atoms with van der Waals surface area (Å²) in [5.74, 6) is -0.910. The van der Waals surface area contributed by atoms with E-state index in [2.05, 4.69) is 93.7 Å². The van der Waals surface area contributed by atoms with Crippen LogP contribution in [0.1, 0.15) is 316 Å². The molecule has 0 radical (unpaired) electrons. The van der Waals surface area contributed by atoms with Crippen molar-refractivity contribution in [2.45, 2.75) is 322 Å². The molecular weight excluding hydrogens is 901 g/mol. The lowest BCUT2D eigenvalue weighted by atomic mass is 10.0. The van der Waals surface area contributed by atoms with Crippen LogP contribution in [-0.2, 0) is 28.6 Å². The number of carbonyl (C=O) groups excluding carboxylic acids is 3. The Kier molecular flexibility index (Phi) is 58.7. The molecule has 0 rings (SSSR count). The average molecular weight is 1020 g/mol. The molecule has 0 aliphatic heterocycles. The van der Waals surface area contributed by atoms with E-state index < -0.39 is 6.10 Å². The lowest BCUT2D eigenvalue weighted by molar-refractivity contribution is -0.167. The van der Waals surface area contributed by atoms with Crippen molar-refractivity contribution in [3.63, 3.8) is 0 Å². The molecule has 73 heavy (non-hydrogen) atoms. The summed E-state index contributed by atoms with van der Waals surface area (Å²) < 4.78 is 16.9. The van der Waals surface area contributed by atoms with Crippen LogP contribution in [0.5, 0.6) is 0 Å². The molecule has 0 fully saturated rings. The van der Waals surface area contributed by atoms with E-state index >= 15 is 0 Å². The van der Waals surface area contributed by atoms with E-state index in [4.69, 9.17) is 14.2 Å². The minimum atomic E-state index is -0.794. The fourth-order valence-corrected chi connectivity index (χ4v) is 9.00. The third-order valence-electron chi connectivity index (χ3n) is 13.7. The van der Waals surface area contributed by atoms with E-state index in [9.17, 15) is 14.4 Å². The molecule has 0 bridgehead atoms. The first-order valence-electron chi connectivity index (χ1n) is 31.4. The third-order valence-corrected chi connectivity index (χ3v) is 13.7. The number of unbranched alkanes of at least 4 members (excludes halogenated alkanes) is 34. The van der Waals surface area contributed by atoms with Crippen molar-refractivity contribution in [3.8, 4) is 0 Å². The molecule has 0 saturated heterocycles. The smallest absolute Gasteiger partial charge is 0.306 e. The van der Waals surface area contributed by atoms with Crippen LogP contribution >= 0.6 is 0 Å². The molecule has 0 aromatic carbocycles. The zero-order chi connectivity index (χ0) is 52.9. The predicted molar refractivity (Wildman–Crippen MR) is 316 cm³/mol. The van der Waals surface area contributed by atoms with Crippen LogP contribution in [0.3, 0.4) is 0 Å². The summed E-state index contributed by atoms with van der Waals surface area (Å²) in [6, 6.07) is 0. The lowest BCUT2D eigenvalue weighted by Gasteiger charge is -2.18. The molecule has 1 atom stereocenters. The van der Waals surface area contributed by atoms with Crippen LogP contribution in [-0.4, -0.2) is 37.2 Å². The van der Waals surface area contributed by atoms with Crippen molar-refractivity contribution in [2.24, 2.45) is 0 Å². The van der Waals surface area contributed by atoms with E-state index in [0.29, 0.717) is 19.3 Å². The van der Waals surface area contributed by atoms with Gasteiger partial charge in [0.1, 0.15) is 13.2 Å². The van der Waals surface area contributed by atoms with Crippen LogP contribution in [0.4, 0.5) is 0 Å². The van der Waals surface area contributed by atoms with Gasteiger partial charge in [0.15, 0.2) is 6.10 Å². The quantitative estimate of drug-likeness (QED) is 0.0261. The third kappa shape index (κ3) is 59.6. The maximum absolute atomic E-state index is 12.9. The molecule has 0 saturated carbocycles. The van der Waals surface area contributed by atoms with Gasteiger partial charge >= 0.3 is 17.9 Å². The molecule has 422 valence electrons. The highest BCUT2D eigenvalue weighted by molar-refractivity contribution is 5.71. The Bertz CT molecular complexity index is 1360. The number of ether oxygens (including phenoxy) is 3. The van der Waals surface area contributed by atoms with Gasteiger partial charge in [0.25, 0.3) is 0 Å². The van der Waals surface area contributed by atoms with E-state index in [1.807, 2.05) is 0 Å². The Labute approximate surface area is 453 Å². The predicted octanol–water partition coefficient (Wildman–Crippen LogP) is 21.3. The maximum Gasteiger partial charge on any atom is 0.306 e. The van der Waals surface area contributed by atoms with Gasteiger partial charge in [-0.1, -0.05) is 280 Å². The number of esters is 3. The maximum atomic E-state index is 12.9. The topological polar surface area (TPSA) is 78.9 Å². The van der Waals surface area contributed by atoms with Gasteiger partial charge in [0, 0.05) is 19.3 Å². The summed E-state index contributed by atoms with van der Waals surface area (Å²) in [6.45, 7) is 6.52. The van der Waals surface area contributed by atoms with Crippen molar-refractivity contribution < 1.29 is 28.6 Å². The molecule has 6 heteroatoms. The van der Waals surface area contributed by atoms with Crippen molar-refractivity contribution >= 4 is 17.9 Å². The summed E-state index contributed by atoms with van der Waals surface area (Å²) in [6.07, 6.45) is 79.0. The second-order valence-electron chi connectivity index (χ2n) is 20.9. The highest BCUT2D eigenvalue weighted by atomic mass is 16.6. The standard InChI is InChI=1S/C67H118O6/c1-4-7-10-13-16-19-22-25-28-30-32-33-35-36-39-42-45-48-51-54-57-60-66(69)72-63-64(62-71-65(68)59-56-53-50-47-44-41-38-27-24-21-18-15-12-9-6-3)73-67(70)61-58-55-52-49-46-43-40-37-34-31-29-26-23-20-17-14-11-8-5-2/h8,11,17,20-21,24,26,29,34,37,43,46,64H,4-7,9-10,12-16,18-19,22-23,25,27-28,30-33,35-36,38-42,44-45,47-63H2,1-3H3/b11-8-,20-17-,24-21-,29-26-,37-34-,46-43-/t64-/m1/s1. The zero-order valence-corrected chi connectivity index (χ0v) is 48.4. The first kappa shape index (κ1) is 69.8. The van der Waals surface area contributed by atoms with Crippen molar-refractivity contribution in [2.75, 3.05) is 13.2 Å². The number of hydrogen-bond acceptors (Lipinski definition) is 6. The summed E-state index contributed by atoms with van der Waals surface area (Å²) >= 11 is 0. The van der Waals surface area contributed by atoms with Crippen LogP contribution < -0.4 is 0 Å². The molecule has 0 N–H and O–H groups in total. The molecule has 6 nitrogen and oxygen atoms in total. The van der Waals surface area contributed by atoms with Gasteiger partial charge in [-0.05, 0) is 89.9 Å². The van der Waals surface area contributed by atoms with E-state index in [0.717, 1.165) is 96.3 Å². The Balaban J connectivity index is 4.39. The van der Waals surface area contributed by atoms with Gasteiger partial charge < -0.3 is 14.2 Å². The number of rotatable bonds is 57. The minimum absolute atomic E-state index is 0.0874. The molecule has 0 amide bonds. The van der Waals surface area contributed by atoms with E-state index in [1.165, 1.54) is 180 Å². The van der Waals surface area contributed by atoms with Gasteiger partial charge in [-0.2, -0.15) is 0 Å². The fourth-order valence-electron chi connectivity index (χ4n) is 9.00. The van der Waals surface area contributed by atoms with Crippen LogP contribution in [0.25, 0.3) is 0 Å². The van der Waals surface area contributed by atoms with E-state index in [-0.39, 0.29) is 31.1 Å². The first-order chi connectivity index (χ1) is 36.0. The number of hydrogen-bond donors (Lipinski definition) is 0. The molecule has 0 aliphatic carbocycles. The van der Waals surface area contributed by atoms with Crippen LogP contribution in [0, 0.1) is 0 Å². The second kappa shape index (κ2) is 61.4. The Morgan fingerprint density at radius 1 is 0.288 bits per heavy atom. The molecule has 0 heterocycles. The van der Waals surface area contributed by atoms with Gasteiger partial charge in [-0.15, -0.1) is 0 Å². The molecule has 0 aliphatic rings. The lowest BCUT2D eigenvalue weighted by Crippen LogP contribution is -2.30. The highest BCUT2D eigenvalue weighted by Crippen LogP contribution is 2.17. The zero-order valence-electron chi connectivity index (χ0n) is 48.4. The Morgan fingerprint density at radius 2 is 0.534 bits per heavy atom. The van der Waals surface area contributed by atoms with Gasteiger partial charge in [-0.25, -0.2) is 0 Å². The molecule has 0 aromatic heterocycles. The number of carbonyl (C=O) groups is 3. The summed E-state index contributed by atoms with van der Waals surface area (Å²) in [5.41, 5.74) is 0. The average Bonchev–Trinajstić information content (AvgIpc) is 3.39. The molecular formula is C67H118O6. The van der Waals surface area contributed by atoms with Gasteiger partial charge in [0.05, 0.1) is 0 Å². The highest BCUT2D eigenvalue weighted by Gasteiger charge is 2.19. The van der Waals surface area contributed by atoms with Crippen LogP contribution in [0.2, 0.25) is 0 Å². The normalized spacial score (nSPS) is 12.5. The van der Waals surface area contributed by atoms with Crippen molar-refractivity contribution in [1.29, 1.82) is 0 Å². The fraction of sp³-hybridized carbons (Fsp3) is 0.776. The summed E-state index contributed by atoms with van der Waals surface area (Å²) in [7, 11) is 0. The molecule has 0 aromatic rings. The summed E-state index contributed by atoms with van der Waals surface area (Å²) in [4.78, 5) is 38.3. The monoisotopic (exact) mass is 1020 g/mol. The minimum Gasteiger partial charge on any atom is -0.462 e. The summed E-state index contributed by atoms with van der Waals surface area (Å²) in [5, 5.41) is 0. The van der Waals surface area contributed by atoms with Gasteiger partial charge in [0.2, 0.25) is 0 Å². The van der Waals surface area contributed by atoms with Crippen LogP contribution in [0.15, 0.2) is 72.9 Å². The second-order valence-corrected chi connectivity index (χ2v) is 20.9. The van der Waals surface area contributed by atoms with Gasteiger partial charge in [-0.3, -0.25) is 14.4 Å².